The Morgan fingerprint density at radius 2 is 0.604 bits per heavy atom. The van der Waals surface area contributed by atoms with Gasteiger partial charge in [-0.15, -0.1) is 0 Å². The molecule has 0 aliphatic rings. The topological polar surface area (TPSA) is 134 Å². The SMILES string of the molecule is CC/C=C\C/C=C\C/C=C\C/C=C\C/C=C\C/C=C\C/C=C\CCCCCCCCCCCCCC(=O)OC(COC(=O)CCCCCCCCCCCCCCCCCCCCCCCCCCC/C=C\CCCCCCCCCC)COP(=O)(O)OCCN. The molecule has 0 aliphatic carbocycles. The van der Waals surface area contributed by atoms with Crippen LogP contribution in [0.25, 0.3) is 0 Å². The number of carbonyl (C=O) groups is 2. The fourth-order valence-corrected chi connectivity index (χ4v) is 12.0. The van der Waals surface area contributed by atoms with Crippen molar-refractivity contribution in [3.63, 3.8) is 0 Å². The van der Waals surface area contributed by atoms with E-state index in [9.17, 15) is 19.0 Å². The Balaban J connectivity index is 3.82. The Bertz CT molecular complexity index is 1820. The van der Waals surface area contributed by atoms with Gasteiger partial charge in [0.05, 0.1) is 13.2 Å². The summed E-state index contributed by atoms with van der Waals surface area (Å²) in [6, 6.07) is 0. The van der Waals surface area contributed by atoms with Gasteiger partial charge in [-0.1, -0.05) is 361 Å². The normalized spacial score (nSPS) is 13.4. The molecule has 3 N–H and O–H groups in total. The number of esters is 2. The van der Waals surface area contributed by atoms with E-state index in [1.54, 1.807) is 0 Å². The molecule has 0 aliphatic heterocycles. The Hall–Kier alpha value is -3.07. The molecular formula is C81H146NO8P. The second-order valence-electron chi connectivity index (χ2n) is 25.8. The van der Waals surface area contributed by atoms with Crippen LogP contribution in [-0.2, 0) is 32.7 Å². The first-order valence-corrected chi connectivity index (χ1v) is 40.2. The maximum atomic E-state index is 12.8. The number of hydrogen-bond acceptors (Lipinski definition) is 8. The lowest BCUT2D eigenvalue weighted by molar-refractivity contribution is -0.161. The highest BCUT2D eigenvalue weighted by Crippen LogP contribution is 2.43. The molecule has 2 unspecified atom stereocenters. The maximum absolute atomic E-state index is 12.8. The maximum Gasteiger partial charge on any atom is 0.472 e. The molecule has 0 bridgehead atoms. The number of allylic oxidation sites excluding steroid dienone is 16. The van der Waals surface area contributed by atoms with Crippen molar-refractivity contribution in [2.75, 3.05) is 26.4 Å². The van der Waals surface area contributed by atoms with Crippen molar-refractivity contribution < 1.29 is 37.6 Å². The van der Waals surface area contributed by atoms with Crippen LogP contribution in [0.1, 0.15) is 373 Å². The van der Waals surface area contributed by atoms with Gasteiger partial charge in [0.2, 0.25) is 0 Å². The molecular weight excluding hydrogens is 1150 g/mol. The molecule has 0 aromatic heterocycles. The van der Waals surface area contributed by atoms with Crippen LogP contribution in [0, 0.1) is 0 Å². The molecule has 528 valence electrons. The van der Waals surface area contributed by atoms with E-state index >= 15 is 0 Å². The lowest BCUT2D eigenvalue weighted by Gasteiger charge is -2.19. The zero-order valence-corrected chi connectivity index (χ0v) is 60.5. The number of unbranched alkanes of at least 4 members (excludes halogenated alkanes) is 44. The monoisotopic (exact) mass is 1290 g/mol. The van der Waals surface area contributed by atoms with E-state index in [2.05, 4.69) is 111 Å². The van der Waals surface area contributed by atoms with E-state index in [1.165, 1.54) is 250 Å². The summed E-state index contributed by atoms with van der Waals surface area (Å²) in [6.45, 7) is 3.67. The van der Waals surface area contributed by atoms with Crippen molar-refractivity contribution in [3.8, 4) is 0 Å². The van der Waals surface area contributed by atoms with Gasteiger partial charge in [-0.3, -0.25) is 18.6 Å². The summed E-state index contributed by atoms with van der Waals surface area (Å²) in [5.74, 6) is -0.819. The average molecular weight is 1290 g/mol. The van der Waals surface area contributed by atoms with Crippen LogP contribution in [0.4, 0.5) is 0 Å². The van der Waals surface area contributed by atoms with Gasteiger partial charge in [0.15, 0.2) is 6.10 Å². The van der Waals surface area contributed by atoms with Gasteiger partial charge in [-0.2, -0.15) is 0 Å². The molecule has 0 aromatic carbocycles. The summed E-state index contributed by atoms with van der Waals surface area (Å²) in [4.78, 5) is 35.4. The first kappa shape index (κ1) is 87.9. The molecule has 91 heavy (non-hydrogen) atoms. The van der Waals surface area contributed by atoms with Crippen LogP contribution in [0.5, 0.6) is 0 Å². The minimum atomic E-state index is -4.40. The highest BCUT2D eigenvalue weighted by molar-refractivity contribution is 7.47. The van der Waals surface area contributed by atoms with Gasteiger partial charge in [0.25, 0.3) is 0 Å². The molecule has 0 radical (unpaired) electrons. The van der Waals surface area contributed by atoms with E-state index in [0.717, 1.165) is 89.9 Å². The fourth-order valence-electron chi connectivity index (χ4n) is 11.3. The van der Waals surface area contributed by atoms with E-state index in [4.69, 9.17) is 24.3 Å². The smallest absolute Gasteiger partial charge is 0.462 e. The number of nitrogens with two attached hydrogens (primary N) is 1. The molecule has 0 aromatic rings. The Labute approximate surface area is 563 Å². The highest BCUT2D eigenvalue weighted by atomic mass is 31.2. The van der Waals surface area contributed by atoms with Crippen LogP contribution < -0.4 is 5.73 Å². The minimum absolute atomic E-state index is 0.0509. The molecule has 0 heterocycles. The van der Waals surface area contributed by atoms with Crippen molar-refractivity contribution >= 4 is 19.8 Å². The summed E-state index contributed by atoms with van der Waals surface area (Å²) in [5.41, 5.74) is 5.41. The third-order valence-corrected chi connectivity index (χ3v) is 17.9. The van der Waals surface area contributed by atoms with E-state index < -0.39 is 26.5 Å². The lowest BCUT2D eigenvalue weighted by Crippen LogP contribution is -2.29. The average Bonchev–Trinajstić information content (AvgIpc) is 3.74. The summed E-state index contributed by atoms with van der Waals surface area (Å²) in [5, 5.41) is 0. The number of phosphoric acid groups is 1. The van der Waals surface area contributed by atoms with Gasteiger partial charge in [0, 0.05) is 19.4 Å². The predicted octanol–water partition coefficient (Wildman–Crippen LogP) is 25.9. The minimum Gasteiger partial charge on any atom is -0.462 e. The molecule has 2 atom stereocenters. The third kappa shape index (κ3) is 75.8. The molecule has 0 saturated heterocycles. The van der Waals surface area contributed by atoms with Crippen LogP contribution in [0.2, 0.25) is 0 Å². The quantitative estimate of drug-likeness (QED) is 0.0264. The third-order valence-electron chi connectivity index (χ3n) is 17.0. The van der Waals surface area contributed by atoms with Gasteiger partial charge in [-0.25, -0.2) is 4.57 Å². The fraction of sp³-hybridized carbons (Fsp3) is 0.778. The Kier molecular flexibility index (Phi) is 73.4. The second-order valence-corrected chi connectivity index (χ2v) is 27.3. The standard InChI is InChI=1S/C81H146NO8P/c1-3-5-7-9-11-13-15-17-19-21-23-25-27-29-31-33-35-37-38-39-40-42-43-45-47-49-51-53-55-57-59-61-63-65-67-69-71-73-80(83)87-77-79(78-89-91(85,86)88-76-75-82)90-81(84)74-72-70-68-66-64-62-60-58-56-54-52-50-48-46-44-41-36-34-32-30-28-26-24-22-20-18-16-14-12-10-8-6-4-2/h6,8,12,14,18,20-21,23-24,26,30,32,36,41,46,48,79H,3-5,7,9-11,13,15-17,19,22,25,27-29,31,33-35,37-40,42-45,47,49-78,82H2,1-2H3,(H,85,86)/b8-6-,14-12-,20-18-,23-21-,26-24-,32-30-,41-36-,48-46-. The number of phosphoric ester groups is 1. The van der Waals surface area contributed by atoms with Crippen molar-refractivity contribution in [2.24, 2.45) is 5.73 Å². The van der Waals surface area contributed by atoms with Crippen LogP contribution >= 0.6 is 7.82 Å². The molecule has 9 nitrogen and oxygen atoms in total. The van der Waals surface area contributed by atoms with Crippen LogP contribution in [0.3, 0.4) is 0 Å². The summed E-state index contributed by atoms with van der Waals surface area (Å²) in [7, 11) is -4.40. The lowest BCUT2D eigenvalue weighted by atomic mass is 10.0. The molecule has 0 saturated carbocycles. The summed E-state index contributed by atoms with van der Waals surface area (Å²) in [6.07, 6.45) is 104. The molecule has 0 amide bonds. The van der Waals surface area contributed by atoms with Gasteiger partial charge >= 0.3 is 19.8 Å². The first-order valence-electron chi connectivity index (χ1n) is 38.7. The van der Waals surface area contributed by atoms with Crippen molar-refractivity contribution in [1.82, 2.24) is 0 Å². The zero-order chi connectivity index (χ0) is 65.8. The number of ether oxygens (including phenoxy) is 2. The summed E-state index contributed by atoms with van der Waals surface area (Å²) >= 11 is 0. The van der Waals surface area contributed by atoms with E-state index in [-0.39, 0.29) is 38.6 Å². The number of rotatable bonds is 73. The molecule has 0 fully saturated rings. The van der Waals surface area contributed by atoms with Gasteiger partial charge < -0.3 is 20.1 Å². The van der Waals surface area contributed by atoms with Gasteiger partial charge in [-0.05, 0) is 96.3 Å². The van der Waals surface area contributed by atoms with Crippen molar-refractivity contribution in [1.29, 1.82) is 0 Å². The Morgan fingerprint density at radius 3 is 0.912 bits per heavy atom. The van der Waals surface area contributed by atoms with Gasteiger partial charge in [0.1, 0.15) is 6.61 Å². The highest BCUT2D eigenvalue weighted by Gasteiger charge is 2.26. The van der Waals surface area contributed by atoms with Crippen molar-refractivity contribution in [3.05, 3.63) is 97.2 Å². The van der Waals surface area contributed by atoms with E-state index in [0.29, 0.717) is 6.42 Å². The molecule has 0 spiro atoms. The first-order chi connectivity index (χ1) is 44.8. The largest absolute Gasteiger partial charge is 0.472 e. The number of carbonyl (C=O) groups excluding carboxylic acids is 2. The van der Waals surface area contributed by atoms with Crippen molar-refractivity contribution in [2.45, 2.75) is 380 Å². The molecule has 0 rings (SSSR count). The predicted molar refractivity (Wildman–Crippen MR) is 395 cm³/mol. The summed E-state index contributed by atoms with van der Waals surface area (Å²) < 4.78 is 33.2. The van der Waals surface area contributed by atoms with E-state index in [1.807, 2.05) is 0 Å². The van der Waals surface area contributed by atoms with Crippen LogP contribution in [0.15, 0.2) is 97.2 Å². The zero-order valence-electron chi connectivity index (χ0n) is 59.6. The Morgan fingerprint density at radius 1 is 0.341 bits per heavy atom. The van der Waals surface area contributed by atoms with Crippen LogP contribution in [-0.4, -0.2) is 49.3 Å². The number of hydrogen-bond donors (Lipinski definition) is 2. The second kappa shape index (κ2) is 76.0. The molecule has 10 heteroatoms.